The highest BCUT2D eigenvalue weighted by Gasteiger charge is 2.42. The fraction of sp³-hybridized carbons (Fsp3) is 0.485. The highest BCUT2D eigenvalue weighted by Crippen LogP contribution is 2.39. The van der Waals surface area contributed by atoms with Crippen molar-refractivity contribution in [2.45, 2.75) is 76.3 Å². The van der Waals surface area contributed by atoms with E-state index in [0.717, 1.165) is 29.5 Å². The van der Waals surface area contributed by atoms with Crippen LogP contribution in [0.4, 0.5) is 4.79 Å². The van der Waals surface area contributed by atoms with Crippen LogP contribution in [0.3, 0.4) is 0 Å². The third-order valence-electron chi connectivity index (χ3n) is 8.36. The number of carbonyl (C=O) groups excluding carboxylic acids is 3. The lowest BCUT2D eigenvalue weighted by Crippen LogP contribution is -2.57. The second kappa shape index (κ2) is 13.7. The number of likely N-dealkylation sites (tertiary alicyclic amines) is 1. The van der Waals surface area contributed by atoms with E-state index in [0.29, 0.717) is 25.4 Å². The number of amides is 3. The molecule has 2 aliphatic heterocycles. The molecule has 234 valence electrons. The van der Waals surface area contributed by atoms with Gasteiger partial charge in [0.1, 0.15) is 12.1 Å². The maximum Gasteiger partial charge on any atom is 0.410 e. The van der Waals surface area contributed by atoms with Gasteiger partial charge in [0.05, 0.1) is 24.8 Å². The molecule has 0 bridgehead atoms. The summed E-state index contributed by atoms with van der Waals surface area (Å²) in [6.45, 7) is 6.90. The van der Waals surface area contributed by atoms with Crippen LogP contribution in [0.25, 0.3) is 0 Å². The summed E-state index contributed by atoms with van der Waals surface area (Å²) in [6, 6.07) is 16.1. The molecule has 0 radical (unpaired) electrons. The van der Waals surface area contributed by atoms with Gasteiger partial charge >= 0.3 is 6.09 Å². The Morgan fingerprint density at radius 1 is 1.07 bits per heavy atom. The number of hydrogen-bond donors (Lipinski definition) is 3. The topological polar surface area (TPSA) is 148 Å². The van der Waals surface area contributed by atoms with Crippen molar-refractivity contribution >= 4 is 30.1 Å². The van der Waals surface area contributed by atoms with Crippen LogP contribution < -0.4 is 16.4 Å². The zero-order valence-electron chi connectivity index (χ0n) is 25.6. The number of nitrogens with zero attached hydrogens (tertiary/aromatic N) is 3. The molecular formula is C33H42N6O5. The number of fused-ring (bicyclic) bond motifs is 1. The molecule has 3 amide bonds. The van der Waals surface area contributed by atoms with Gasteiger partial charge in [-0.3, -0.25) is 14.9 Å². The van der Waals surface area contributed by atoms with Crippen molar-refractivity contribution in [2.24, 2.45) is 21.6 Å². The molecular weight excluding hydrogens is 560 g/mol. The predicted octanol–water partition coefficient (Wildman–Crippen LogP) is 2.93. The van der Waals surface area contributed by atoms with Crippen LogP contribution in [-0.2, 0) is 32.1 Å². The lowest BCUT2D eigenvalue weighted by molar-refractivity contribution is -0.132. The molecule has 44 heavy (non-hydrogen) atoms. The van der Waals surface area contributed by atoms with E-state index in [1.165, 1.54) is 0 Å². The van der Waals surface area contributed by atoms with Crippen LogP contribution in [-0.4, -0.2) is 78.4 Å². The second-order valence-corrected chi connectivity index (χ2v) is 12.5. The number of nitrogens with two attached hydrogens (primary N) is 1. The van der Waals surface area contributed by atoms with Crippen molar-refractivity contribution in [3.63, 3.8) is 0 Å². The summed E-state index contributed by atoms with van der Waals surface area (Å²) in [5.41, 5.74) is 7.87. The van der Waals surface area contributed by atoms with E-state index in [2.05, 4.69) is 22.5 Å². The van der Waals surface area contributed by atoms with E-state index in [1.54, 1.807) is 25.0 Å². The number of nitrogens with one attached hydrogen (secondary N) is 2. The summed E-state index contributed by atoms with van der Waals surface area (Å²) < 4.78 is 11.9. The van der Waals surface area contributed by atoms with E-state index in [-0.39, 0.29) is 31.2 Å². The molecule has 3 aliphatic rings. The first-order chi connectivity index (χ1) is 21.1. The Morgan fingerprint density at radius 2 is 1.77 bits per heavy atom. The van der Waals surface area contributed by atoms with Crippen LogP contribution in [0.5, 0.6) is 0 Å². The fourth-order valence-electron chi connectivity index (χ4n) is 5.69. The number of benzene rings is 2. The third kappa shape index (κ3) is 7.70. The highest BCUT2D eigenvalue weighted by atomic mass is 16.6. The van der Waals surface area contributed by atoms with Gasteiger partial charge in [-0.15, -0.1) is 0 Å². The van der Waals surface area contributed by atoms with Crippen molar-refractivity contribution in [2.75, 3.05) is 19.7 Å². The van der Waals surface area contributed by atoms with E-state index < -0.39 is 35.5 Å². The summed E-state index contributed by atoms with van der Waals surface area (Å²) in [6.07, 6.45) is 3.47. The van der Waals surface area contributed by atoms with Crippen LogP contribution in [0.15, 0.2) is 64.6 Å². The monoisotopic (exact) mass is 602 g/mol. The van der Waals surface area contributed by atoms with E-state index >= 15 is 0 Å². The van der Waals surface area contributed by atoms with Gasteiger partial charge in [0.15, 0.2) is 0 Å². The average Bonchev–Trinajstić information content (AvgIpc) is 3.60. The maximum atomic E-state index is 13.4. The predicted molar refractivity (Wildman–Crippen MR) is 167 cm³/mol. The molecule has 2 aromatic rings. The summed E-state index contributed by atoms with van der Waals surface area (Å²) in [5.74, 6) is -0.550. The van der Waals surface area contributed by atoms with Gasteiger partial charge in [-0.25, -0.2) is 14.8 Å². The molecule has 2 aromatic carbocycles. The van der Waals surface area contributed by atoms with Crippen LogP contribution in [0.2, 0.25) is 0 Å². The Balaban J connectivity index is 1.26. The summed E-state index contributed by atoms with van der Waals surface area (Å²) in [5, 5.41) is 5.42. The average molecular weight is 603 g/mol. The Bertz CT molecular complexity index is 1400. The lowest BCUT2D eigenvalue weighted by atomic mass is 9.92. The van der Waals surface area contributed by atoms with Crippen molar-refractivity contribution in [3.8, 4) is 0 Å². The van der Waals surface area contributed by atoms with Crippen molar-refractivity contribution < 1.29 is 23.9 Å². The first kappa shape index (κ1) is 31.3. The number of aliphatic imine (C=N–C) groups is 2. The molecule has 11 nitrogen and oxygen atoms in total. The normalized spacial score (nSPS) is 22.2. The quantitative estimate of drug-likeness (QED) is 0.402. The Morgan fingerprint density at radius 3 is 2.50 bits per heavy atom. The number of guanidine groups is 1. The zero-order valence-corrected chi connectivity index (χ0v) is 25.6. The summed E-state index contributed by atoms with van der Waals surface area (Å²) in [7, 11) is 0. The van der Waals surface area contributed by atoms with Gasteiger partial charge in [0.2, 0.25) is 11.9 Å². The Labute approximate surface area is 258 Å². The smallest absolute Gasteiger partial charge is 0.410 e. The number of carbonyl (C=O) groups is 3. The molecule has 0 spiro atoms. The number of rotatable bonds is 9. The highest BCUT2D eigenvalue weighted by molar-refractivity contribution is 6.06. The second-order valence-electron chi connectivity index (χ2n) is 12.5. The Hall–Kier alpha value is -4.09. The molecule has 1 fully saturated rings. The first-order valence-corrected chi connectivity index (χ1v) is 15.3. The number of piperidine rings is 1. The zero-order chi connectivity index (χ0) is 31.3. The molecule has 0 saturated carbocycles. The van der Waals surface area contributed by atoms with Crippen LogP contribution >= 0.6 is 0 Å². The van der Waals surface area contributed by atoms with E-state index in [9.17, 15) is 14.4 Å². The fourth-order valence-corrected chi connectivity index (χ4v) is 5.69. The van der Waals surface area contributed by atoms with Crippen molar-refractivity contribution in [3.05, 3.63) is 71.3 Å². The van der Waals surface area contributed by atoms with Gasteiger partial charge in [0, 0.05) is 31.6 Å². The van der Waals surface area contributed by atoms with Gasteiger partial charge in [-0.2, -0.15) is 0 Å². The van der Waals surface area contributed by atoms with E-state index in [4.69, 9.17) is 20.2 Å². The summed E-state index contributed by atoms with van der Waals surface area (Å²) >= 11 is 0. The number of ether oxygens (including phenoxy) is 2. The molecule has 5 rings (SSSR count). The maximum absolute atomic E-state index is 13.4. The molecule has 1 unspecified atom stereocenters. The SMILES string of the molecule is CC1CCN(C(=O)O[C@@H]2Cc3ccccc3[C@@H]2C2C=NC(NC(=O)[C@@H](COCc3ccccc3)NC(=O)C(C)(C)N)=N2)CC1. The lowest BCUT2D eigenvalue weighted by Gasteiger charge is -2.32. The van der Waals surface area contributed by atoms with E-state index in [1.807, 2.05) is 54.6 Å². The summed E-state index contributed by atoms with van der Waals surface area (Å²) in [4.78, 5) is 50.0. The van der Waals surface area contributed by atoms with Crippen molar-refractivity contribution in [1.82, 2.24) is 15.5 Å². The minimum atomic E-state index is -1.19. The molecule has 11 heteroatoms. The van der Waals surface area contributed by atoms with Gasteiger partial charge in [-0.1, -0.05) is 61.5 Å². The van der Waals surface area contributed by atoms with Crippen LogP contribution in [0.1, 0.15) is 56.2 Å². The molecule has 4 N–H and O–H groups in total. The molecule has 0 aromatic heterocycles. The molecule has 2 heterocycles. The van der Waals surface area contributed by atoms with Crippen LogP contribution in [0, 0.1) is 5.92 Å². The molecule has 4 atom stereocenters. The first-order valence-electron chi connectivity index (χ1n) is 15.3. The van der Waals surface area contributed by atoms with Gasteiger partial charge in [-0.05, 0) is 49.3 Å². The van der Waals surface area contributed by atoms with Gasteiger partial charge in [0.25, 0.3) is 5.91 Å². The largest absolute Gasteiger partial charge is 0.445 e. The van der Waals surface area contributed by atoms with Crippen molar-refractivity contribution in [1.29, 1.82) is 0 Å². The molecule has 1 saturated heterocycles. The molecule has 1 aliphatic carbocycles. The number of hydrogen-bond acceptors (Lipinski definition) is 8. The van der Waals surface area contributed by atoms with Gasteiger partial charge < -0.3 is 25.4 Å². The standard InChI is InChI=1S/C33H42N6O5/c1-21-13-15-39(16-14-21)32(42)44-27-17-23-11-7-8-12-24(23)28(27)25-18-35-31(37-25)38-29(40)26(36-30(41)33(2,3)34)20-43-19-22-9-5-4-6-10-22/h4-12,18,21,25-28H,13-17,19-20,34H2,1-3H3,(H,36,41)(H,37,38,40)/t25?,26-,27-,28-/m1/s1. The minimum Gasteiger partial charge on any atom is -0.445 e. The Kier molecular flexibility index (Phi) is 9.75. The minimum absolute atomic E-state index is 0.0771. The third-order valence-corrected chi connectivity index (χ3v) is 8.36.